The molecule has 0 bridgehead atoms. The van der Waals surface area contributed by atoms with Crippen LogP contribution in [0, 0.1) is 11.8 Å². The maximum absolute atomic E-state index is 12.5. The van der Waals surface area contributed by atoms with E-state index in [0.29, 0.717) is 19.4 Å². The molecule has 0 saturated heterocycles. The number of fused-ring (bicyclic) bond motifs is 3. The molecule has 2 aliphatic rings. The molecule has 1 saturated carbocycles. The minimum absolute atomic E-state index is 0.000447. The molecule has 0 aromatic heterocycles. The Balaban J connectivity index is 1.21. The summed E-state index contributed by atoms with van der Waals surface area (Å²) in [5.74, 6) is -1.16. The number of ether oxygens (including phenoxy) is 1. The molecule has 3 atom stereocenters. The van der Waals surface area contributed by atoms with E-state index in [2.05, 4.69) is 34.9 Å². The van der Waals surface area contributed by atoms with Crippen LogP contribution in [0.3, 0.4) is 0 Å². The Morgan fingerprint density at radius 3 is 2.32 bits per heavy atom. The third kappa shape index (κ3) is 5.58. The first-order chi connectivity index (χ1) is 16.4. The monoisotopic (exact) mass is 464 g/mol. The predicted molar refractivity (Wildman–Crippen MR) is 128 cm³/mol. The van der Waals surface area contributed by atoms with E-state index in [1.807, 2.05) is 24.3 Å². The van der Waals surface area contributed by atoms with Crippen LogP contribution >= 0.6 is 0 Å². The van der Waals surface area contributed by atoms with Crippen molar-refractivity contribution in [2.75, 3.05) is 13.2 Å². The molecule has 1 fully saturated rings. The number of alkyl carbamates (subject to hydrolysis) is 1. The highest BCUT2D eigenvalue weighted by atomic mass is 16.5. The molecule has 2 aliphatic carbocycles. The number of carboxylic acid groups (broad SMARTS) is 1. The standard InChI is InChI=1S/C27H32N2O5/c1-17(26(31)32)12-13-28-25(30)15-18-10-11-19(14-18)29-27(33)34-16-24-22-8-4-2-6-20(22)21-7-3-5-9-23(21)24/h2-9,17-19,24H,10-16H2,1H3,(H,28,30)(H,29,33)(H,31,32)/t17?,18-,19+/m1/s1. The maximum atomic E-state index is 12.5. The van der Waals surface area contributed by atoms with Crippen LogP contribution in [0.5, 0.6) is 0 Å². The van der Waals surface area contributed by atoms with Gasteiger partial charge in [-0.25, -0.2) is 4.79 Å². The van der Waals surface area contributed by atoms with Crippen molar-refractivity contribution < 1.29 is 24.2 Å². The highest BCUT2D eigenvalue weighted by Crippen LogP contribution is 2.44. The fourth-order valence-electron chi connectivity index (χ4n) is 5.08. The number of hydrogen-bond acceptors (Lipinski definition) is 4. The summed E-state index contributed by atoms with van der Waals surface area (Å²) in [5, 5.41) is 14.7. The van der Waals surface area contributed by atoms with E-state index >= 15 is 0 Å². The minimum atomic E-state index is -0.854. The van der Waals surface area contributed by atoms with Gasteiger partial charge >= 0.3 is 12.1 Å². The van der Waals surface area contributed by atoms with Gasteiger partial charge in [0.25, 0.3) is 0 Å². The van der Waals surface area contributed by atoms with Crippen molar-refractivity contribution in [3.8, 4) is 11.1 Å². The summed E-state index contributed by atoms with van der Waals surface area (Å²) in [6.07, 6.45) is 2.82. The zero-order valence-corrected chi connectivity index (χ0v) is 19.5. The van der Waals surface area contributed by atoms with E-state index in [1.165, 1.54) is 22.3 Å². The summed E-state index contributed by atoms with van der Waals surface area (Å²) < 4.78 is 5.64. The predicted octanol–water partition coefficient (Wildman–Crippen LogP) is 4.31. The Kier molecular flexibility index (Phi) is 7.50. The molecule has 7 heteroatoms. The SMILES string of the molecule is CC(CCNC(=O)C[C@@H]1CC[C@H](NC(=O)OCC2c3ccccc3-c3ccccc32)C1)C(=O)O. The lowest BCUT2D eigenvalue weighted by atomic mass is 9.98. The molecule has 4 rings (SSSR count). The summed E-state index contributed by atoms with van der Waals surface area (Å²) in [5.41, 5.74) is 4.75. The van der Waals surface area contributed by atoms with E-state index in [0.717, 1.165) is 19.3 Å². The van der Waals surface area contributed by atoms with Crippen molar-refractivity contribution in [3.05, 3.63) is 59.7 Å². The quantitative estimate of drug-likeness (QED) is 0.513. The summed E-state index contributed by atoms with van der Waals surface area (Å²) in [6, 6.07) is 16.5. The highest BCUT2D eigenvalue weighted by molar-refractivity contribution is 5.79. The van der Waals surface area contributed by atoms with Crippen molar-refractivity contribution in [3.63, 3.8) is 0 Å². The molecule has 2 amide bonds. The third-order valence-electron chi connectivity index (χ3n) is 7.00. The Morgan fingerprint density at radius 1 is 1.03 bits per heavy atom. The molecular weight excluding hydrogens is 432 g/mol. The van der Waals surface area contributed by atoms with Gasteiger partial charge in [0.1, 0.15) is 6.61 Å². The number of carbonyl (C=O) groups is 3. The van der Waals surface area contributed by atoms with Gasteiger partial charge in [-0.15, -0.1) is 0 Å². The van der Waals surface area contributed by atoms with E-state index in [9.17, 15) is 14.4 Å². The van der Waals surface area contributed by atoms with Crippen molar-refractivity contribution in [1.82, 2.24) is 10.6 Å². The van der Waals surface area contributed by atoms with E-state index in [1.54, 1.807) is 6.92 Å². The van der Waals surface area contributed by atoms with Gasteiger partial charge in [-0.05, 0) is 53.9 Å². The Labute approximate surface area is 199 Å². The summed E-state index contributed by atoms with van der Waals surface area (Å²) >= 11 is 0. The Bertz CT molecular complexity index is 1010. The van der Waals surface area contributed by atoms with Gasteiger partial charge in [0.15, 0.2) is 0 Å². The first-order valence-corrected chi connectivity index (χ1v) is 12.0. The van der Waals surface area contributed by atoms with Gasteiger partial charge in [-0.1, -0.05) is 55.5 Å². The third-order valence-corrected chi connectivity index (χ3v) is 7.00. The molecule has 2 aromatic rings. The number of aliphatic carboxylic acids is 1. The molecule has 2 aromatic carbocycles. The topological polar surface area (TPSA) is 105 Å². The van der Waals surface area contributed by atoms with Crippen LogP contribution in [-0.4, -0.2) is 42.3 Å². The van der Waals surface area contributed by atoms with E-state index < -0.39 is 18.0 Å². The van der Waals surface area contributed by atoms with Crippen LogP contribution < -0.4 is 10.6 Å². The van der Waals surface area contributed by atoms with Crippen molar-refractivity contribution in [1.29, 1.82) is 0 Å². The number of rotatable bonds is 9. The van der Waals surface area contributed by atoms with Gasteiger partial charge in [0, 0.05) is 24.9 Å². The average molecular weight is 465 g/mol. The second kappa shape index (κ2) is 10.7. The lowest BCUT2D eigenvalue weighted by molar-refractivity contribution is -0.141. The number of benzene rings is 2. The zero-order chi connectivity index (χ0) is 24.1. The van der Waals surface area contributed by atoms with Crippen LogP contribution in [0.2, 0.25) is 0 Å². The average Bonchev–Trinajstić information content (AvgIpc) is 3.39. The van der Waals surface area contributed by atoms with Crippen LogP contribution in [0.4, 0.5) is 4.79 Å². The number of nitrogens with one attached hydrogen (secondary N) is 2. The van der Waals surface area contributed by atoms with Gasteiger partial charge in [-0.2, -0.15) is 0 Å². The lowest BCUT2D eigenvalue weighted by Crippen LogP contribution is -2.34. The van der Waals surface area contributed by atoms with Gasteiger partial charge in [-0.3, -0.25) is 9.59 Å². The number of carbonyl (C=O) groups excluding carboxylic acids is 2. The largest absolute Gasteiger partial charge is 0.481 e. The van der Waals surface area contributed by atoms with Gasteiger partial charge < -0.3 is 20.5 Å². The second-order valence-electron chi connectivity index (χ2n) is 9.43. The Morgan fingerprint density at radius 2 is 1.68 bits per heavy atom. The summed E-state index contributed by atoms with van der Waals surface area (Å²) in [4.78, 5) is 35.5. The number of hydrogen-bond donors (Lipinski definition) is 3. The smallest absolute Gasteiger partial charge is 0.407 e. The molecule has 0 radical (unpaired) electrons. The van der Waals surface area contributed by atoms with Gasteiger partial charge in [0.05, 0.1) is 5.92 Å². The van der Waals surface area contributed by atoms with Crippen molar-refractivity contribution >= 4 is 18.0 Å². The molecule has 1 unspecified atom stereocenters. The Hall–Kier alpha value is -3.35. The minimum Gasteiger partial charge on any atom is -0.481 e. The lowest BCUT2D eigenvalue weighted by Gasteiger charge is -2.17. The summed E-state index contributed by atoms with van der Waals surface area (Å²) in [6.45, 7) is 2.28. The van der Waals surface area contributed by atoms with Crippen LogP contribution in [0.15, 0.2) is 48.5 Å². The first-order valence-electron chi connectivity index (χ1n) is 12.0. The molecule has 180 valence electrons. The molecule has 0 spiro atoms. The van der Waals surface area contributed by atoms with Crippen molar-refractivity contribution in [2.45, 2.75) is 51.0 Å². The molecular formula is C27H32N2O5. The first kappa shape index (κ1) is 23.8. The number of carboxylic acids is 1. The van der Waals surface area contributed by atoms with E-state index in [4.69, 9.17) is 9.84 Å². The zero-order valence-electron chi connectivity index (χ0n) is 19.5. The van der Waals surface area contributed by atoms with E-state index in [-0.39, 0.29) is 30.4 Å². The van der Waals surface area contributed by atoms with Crippen molar-refractivity contribution in [2.24, 2.45) is 11.8 Å². The van der Waals surface area contributed by atoms with Gasteiger partial charge in [0.2, 0.25) is 5.91 Å². The van der Waals surface area contributed by atoms with Crippen LogP contribution in [-0.2, 0) is 14.3 Å². The molecule has 3 N–H and O–H groups in total. The molecule has 0 aliphatic heterocycles. The fourth-order valence-corrected chi connectivity index (χ4v) is 5.08. The maximum Gasteiger partial charge on any atom is 0.407 e. The molecule has 34 heavy (non-hydrogen) atoms. The summed E-state index contributed by atoms with van der Waals surface area (Å²) in [7, 11) is 0. The second-order valence-corrected chi connectivity index (χ2v) is 9.43. The highest BCUT2D eigenvalue weighted by Gasteiger charge is 2.31. The normalized spacial score (nSPS) is 19.7. The molecule has 0 heterocycles. The fraction of sp³-hybridized carbons (Fsp3) is 0.444. The number of amides is 2. The molecule has 7 nitrogen and oxygen atoms in total. The van der Waals surface area contributed by atoms with Crippen LogP contribution in [0.1, 0.15) is 56.1 Å². The van der Waals surface area contributed by atoms with Crippen LogP contribution in [0.25, 0.3) is 11.1 Å².